The Morgan fingerprint density at radius 1 is 1.00 bits per heavy atom. The Hall–Kier alpha value is -0.160. The van der Waals surface area contributed by atoms with Crippen LogP contribution in [0.25, 0.3) is 0 Å². The van der Waals surface area contributed by atoms with E-state index in [2.05, 4.69) is 31.0 Å². The zero-order valence-corrected chi connectivity index (χ0v) is 12.3. The van der Waals surface area contributed by atoms with Crippen molar-refractivity contribution in [3.63, 3.8) is 0 Å². The molecule has 1 heterocycles. The molecule has 1 N–H and O–H groups in total. The van der Waals surface area contributed by atoms with E-state index in [1.165, 1.54) is 25.9 Å². The molecule has 108 valence electrons. The zero-order chi connectivity index (χ0) is 13.2. The lowest BCUT2D eigenvalue weighted by Crippen LogP contribution is -2.36. The smallest absolute Gasteiger partial charge is 0.0701 e. The Kier molecular flexibility index (Phi) is 8.59. The van der Waals surface area contributed by atoms with E-state index in [9.17, 15) is 0 Å². The molecule has 0 aromatic rings. The molecule has 1 rings (SSSR count). The van der Waals surface area contributed by atoms with E-state index >= 15 is 0 Å². The molecule has 1 saturated heterocycles. The van der Waals surface area contributed by atoms with Gasteiger partial charge in [0.2, 0.25) is 0 Å². The summed E-state index contributed by atoms with van der Waals surface area (Å²) in [7, 11) is 0. The van der Waals surface area contributed by atoms with Crippen molar-refractivity contribution in [3.05, 3.63) is 0 Å². The van der Waals surface area contributed by atoms with Crippen molar-refractivity contribution in [2.45, 2.75) is 45.7 Å². The van der Waals surface area contributed by atoms with Crippen LogP contribution in [-0.4, -0.2) is 63.0 Å². The molecule has 0 radical (unpaired) electrons. The van der Waals surface area contributed by atoms with E-state index in [4.69, 9.17) is 9.47 Å². The second-order valence-electron chi connectivity index (χ2n) is 5.46. The maximum absolute atomic E-state index is 5.57. The molecule has 0 spiro atoms. The summed E-state index contributed by atoms with van der Waals surface area (Å²) in [5, 5.41) is 3.41. The van der Waals surface area contributed by atoms with Crippen LogP contribution in [-0.2, 0) is 9.47 Å². The van der Waals surface area contributed by atoms with Gasteiger partial charge in [-0.25, -0.2) is 0 Å². The number of nitrogens with zero attached hydrogens (tertiary/aromatic N) is 1. The lowest BCUT2D eigenvalue weighted by molar-refractivity contribution is 0.0340. The van der Waals surface area contributed by atoms with Crippen LogP contribution in [0, 0.1) is 0 Å². The molecule has 1 unspecified atom stereocenters. The standard InChI is InChI=1S/C14H30N2O2/c1-13(2)15-14(3)12-18-11-10-17-9-8-16-6-4-5-7-16/h13-15H,4-12H2,1-3H3. The summed E-state index contributed by atoms with van der Waals surface area (Å²) in [5.41, 5.74) is 0. The summed E-state index contributed by atoms with van der Waals surface area (Å²) in [6.45, 7) is 13.0. The summed E-state index contributed by atoms with van der Waals surface area (Å²) in [6.07, 6.45) is 2.70. The van der Waals surface area contributed by atoms with Crippen molar-refractivity contribution >= 4 is 0 Å². The molecule has 0 amide bonds. The lowest BCUT2D eigenvalue weighted by atomic mass is 10.3. The summed E-state index contributed by atoms with van der Waals surface area (Å²) >= 11 is 0. The fourth-order valence-corrected chi connectivity index (χ4v) is 2.30. The van der Waals surface area contributed by atoms with Crippen molar-refractivity contribution in [1.82, 2.24) is 10.2 Å². The number of nitrogens with one attached hydrogen (secondary N) is 1. The molecule has 1 atom stereocenters. The molecule has 0 aliphatic carbocycles. The average molecular weight is 258 g/mol. The van der Waals surface area contributed by atoms with Gasteiger partial charge in [-0.15, -0.1) is 0 Å². The lowest BCUT2D eigenvalue weighted by Gasteiger charge is -2.17. The molecule has 1 aliphatic rings. The van der Waals surface area contributed by atoms with Crippen LogP contribution >= 0.6 is 0 Å². The predicted octanol–water partition coefficient (Wildman–Crippen LogP) is 1.50. The molecular formula is C14H30N2O2. The summed E-state index contributed by atoms with van der Waals surface area (Å²) in [6, 6.07) is 0.926. The van der Waals surface area contributed by atoms with Gasteiger partial charge in [0.1, 0.15) is 0 Å². The molecule has 1 fully saturated rings. The van der Waals surface area contributed by atoms with Crippen LogP contribution in [0.4, 0.5) is 0 Å². The number of hydrogen-bond acceptors (Lipinski definition) is 4. The third-order valence-corrected chi connectivity index (χ3v) is 3.11. The number of hydrogen-bond donors (Lipinski definition) is 1. The van der Waals surface area contributed by atoms with Crippen LogP contribution in [0.5, 0.6) is 0 Å². The quantitative estimate of drug-likeness (QED) is 0.602. The van der Waals surface area contributed by atoms with Crippen molar-refractivity contribution in [3.8, 4) is 0 Å². The highest BCUT2D eigenvalue weighted by Gasteiger charge is 2.10. The maximum atomic E-state index is 5.57. The Morgan fingerprint density at radius 3 is 2.33 bits per heavy atom. The average Bonchev–Trinajstić information content (AvgIpc) is 2.79. The molecule has 4 heteroatoms. The van der Waals surface area contributed by atoms with Crippen LogP contribution in [0.1, 0.15) is 33.6 Å². The van der Waals surface area contributed by atoms with E-state index in [1.54, 1.807) is 0 Å². The van der Waals surface area contributed by atoms with E-state index in [1.807, 2.05) is 0 Å². The minimum Gasteiger partial charge on any atom is -0.378 e. The number of rotatable bonds is 10. The Morgan fingerprint density at radius 2 is 1.67 bits per heavy atom. The predicted molar refractivity (Wildman–Crippen MR) is 75.0 cm³/mol. The van der Waals surface area contributed by atoms with Gasteiger partial charge in [-0.1, -0.05) is 13.8 Å². The first kappa shape index (κ1) is 15.9. The Balaban J connectivity index is 1.80. The van der Waals surface area contributed by atoms with Crippen molar-refractivity contribution in [2.75, 3.05) is 46.1 Å². The highest BCUT2D eigenvalue weighted by atomic mass is 16.5. The highest BCUT2D eigenvalue weighted by Crippen LogP contribution is 2.05. The van der Waals surface area contributed by atoms with E-state index < -0.39 is 0 Å². The van der Waals surface area contributed by atoms with E-state index in [0.717, 1.165) is 19.8 Å². The number of ether oxygens (including phenoxy) is 2. The van der Waals surface area contributed by atoms with Crippen LogP contribution in [0.3, 0.4) is 0 Å². The SMILES string of the molecule is CC(C)NC(C)COCCOCCN1CCCC1. The third kappa shape index (κ3) is 8.03. The van der Waals surface area contributed by atoms with Crippen LogP contribution < -0.4 is 5.32 Å². The van der Waals surface area contributed by atoms with Gasteiger partial charge in [-0.3, -0.25) is 0 Å². The third-order valence-electron chi connectivity index (χ3n) is 3.11. The van der Waals surface area contributed by atoms with Gasteiger partial charge in [0.05, 0.1) is 26.4 Å². The molecule has 0 bridgehead atoms. The highest BCUT2D eigenvalue weighted by molar-refractivity contribution is 4.65. The van der Waals surface area contributed by atoms with Gasteiger partial charge in [0.25, 0.3) is 0 Å². The topological polar surface area (TPSA) is 33.7 Å². The first-order chi connectivity index (χ1) is 8.68. The molecule has 0 aromatic heterocycles. The molecule has 0 aromatic carbocycles. The molecular weight excluding hydrogens is 228 g/mol. The second kappa shape index (κ2) is 9.73. The Labute approximate surface area is 112 Å². The first-order valence-electron chi connectivity index (χ1n) is 7.32. The van der Waals surface area contributed by atoms with Gasteiger partial charge in [0, 0.05) is 18.6 Å². The first-order valence-corrected chi connectivity index (χ1v) is 7.32. The largest absolute Gasteiger partial charge is 0.378 e. The fourth-order valence-electron chi connectivity index (χ4n) is 2.30. The van der Waals surface area contributed by atoms with Crippen molar-refractivity contribution in [1.29, 1.82) is 0 Å². The second-order valence-corrected chi connectivity index (χ2v) is 5.46. The Bertz CT molecular complexity index is 194. The van der Waals surface area contributed by atoms with E-state index in [0.29, 0.717) is 25.3 Å². The zero-order valence-electron chi connectivity index (χ0n) is 12.3. The van der Waals surface area contributed by atoms with Crippen LogP contribution in [0.15, 0.2) is 0 Å². The summed E-state index contributed by atoms with van der Waals surface area (Å²) in [4.78, 5) is 2.47. The van der Waals surface area contributed by atoms with E-state index in [-0.39, 0.29) is 0 Å². The van der Waals surface area contributed by atoms with Gasteiger partial charge in [-0.2, -0.15) is 0 Å². The van der Waals surface area contributed by atoms with Gasteiger partial charge < -0.3 is 19.7 Å². The normalized spacial score (nSPS) is 18.7. The van der Waals surface area contributed by atoms with Crippen LogP contribution in [0.2, 0.25) is 0 Å². The summed E-state index contributed by atoms with van der Waals surface area (Å²) < 4.78 is 11.1. The number of likely N-dealkylation sites (tertiary alicyclic amines) is 1. The van der Waals surface area contributed by atoms with Crippen molar-refractivity contribution < 1.29 is 9.47 Å². The molecule has 1 aliphatic heterocycles. The van der Waals surface area contributed by atoms with Gasteiger partial charge in [-0.05, 0) is 32.9 Å². The minimum absolute atomic E-state index is 0.412. The maximum Gasteiger partial charge on any atom is 0.0701 e. The molecule has 0 saturated carbocycles. The minimum atomic E-state index is 0.412. The van der Waals surface area contributed by atoms with Gasteiger partial charge in [0.15, 0.2) is 0 Å². The van der Waals surface area contributed by atoms with Gasteiger partial charge >= 0.3 is 0 Å². The monoisotopic (exact) mass is 258 g/mol. The molecule has 18 heavy (non-hydrogen) atoms. The summed E-state index contributed by atoms with van der Waals surface area (Å²) in [5.74, 6) is 0. The van der Waals surface area contributed by atoms with Crippen molar-refractivity contribution in [2.24, 2.45) is 0 Å². The fraction of sp³-hybridized carbons (Fsp3) is 1.00. The molecule has 4 nitrogen and oxygen atoms in total.